The smallest absolute Gasteiger partial charge is 0.408 e. The minimum absolute atomic E-state index is 0.00225. The first-order valence-corrected chi connectivity index (χ1v) is 18.3. The van der Waals surface area contributed by atoms with E-state index in [1.165, 1.54) is 12.1 Å². The number of nitrogens with one attached hydrogen (secondary N) is 2. The van der Waals surface area contributed by atoms with Crippen LogP contribution in [0.4, 0.5) is 9.59 Å². The monoisotopic (exact) mass is 816 g/mol. The molecule has 0 heterocycles. The normalized spacial score (nSPS) is 13.0. The molecule has 2 N–H and O–H groups in total. The molecular weight excluding hydrogens is 771 g/mol. The number of halogens is 1. The zero-order valence-corrected chi connectivity index (χ0v) is 31.4. The number of benzene rings is 3. The van der Waals surface area contributed by atoms with Crippen molar-refractivity contribution in [3.05, 3.63) is 95.6 Å². The third-order valence-electron chi connectivity index (χ3n) is 8.17. The minimum atomic E-state index is -1.11. The van der Waals surface area contributed by atoms with Gasteiger partial charge in [-0.15, -0.1) is 0 Å². The average Bonchev–Trinajstić information content (AvgIpc) is 3.14. The second kappa shape index (κ2) is 21.5. The van der Waals surface area contributed by atoms with Gasteiger partial charge in [0.05, 0.1) is 0 Å². The zero-order valence-electron chi connectivity index (χ0n) is 29.2. The van der Waals surface area contributed by atoms with Crippen LogP contribution in [0.1, 0.15) is 63.6 Å². The largest absolute Gasteiger partial charge is 0.455 e. The van der Waals surface area contributed by atoms with Gasteiger partial charge in [0.1, 0.15) is 29.9 Å². The number of amides is 2. The molecule has 3 aromatic carbocycles. The third-order valence-corrected chi connectivity index (χ3v) is 8.48. The van der Waals surface area contributed by atoms with E-state index < -0.39 is 42.2 Å². The molecule has 0 spiro atoms. The first-order valence-electron chi connectivity index (χ1n) is 16.8. The van der Waals surface area contributed by atoms with Crippen molar-refractivity contribution in [3.8, 4) is 11.5 Å². The number of hydrogen-bond donors (Lipinski definition) is 2. The fourth-order valence-electron chi connectivity index (χ4n) is 4.72. The predicted molar refractivity (Wildman–Crippen MR) is 197 cm³/mol. The molecule has 3 aromatic rings. The molecule has 0 aliphatic rings. The van der Waals surface area contributed by atoms with Crippen molar-refractivity contribution in [1.29, 1.82) is 0 Å². The number of esters is 3. The molecule has 0 unspecified atom stereocenters. The van der Waals surface area contributed by atoms with Crippen LogP contribution >= 0.6 is 22.6 Å². The molecule has 0 bridgehead atoms. The molecule has 0 radical (unpaired) electrons. The van der Waals surface area contributed by atoms with Gasteiger partial charge < -0.3 is 34.3 Å². The Labute approximate surface area is 312 Å². The van der Waals surface area contributed by atoms with Crippen LogP contribution in [-0.4, -0.2) is 46.8 Å². The van der Waals surface area contributed by atoms with E-state index in [1.807, 2.05) is 85.0 Å². The maximum atomic E-state index is 13.7. The highest BCUT2D eigenvalue weighted by Gasteiger charge is 2.32. The van der Waals surface area contributed by atoms with Gasteiger partial charge in [-0.05, 0) is 69.7 Å². The average molecular weight is 817 g/mol. The van der Waals surface area contributed by atoms with Gasteiger partial charge in [-0.2, -0.15) is 0 Å². The van der Waals surface area contributed by atoms with Crippen molar-refractivity contribution in [2.45, 2.75) is 78.7 Å². The quantitative estimate of drug-likeness (QED) is 0.0449. The number of carbonyl (C=O) groups is 5. The molecule has 51 heavy (non-hydrogen) atoms. The van der Waals surface area contributed by atoms with Gasteiger partial charge in [-0.3, -0.25) is 4.79 Å². The van der Waals surface area contributed by atoms with Gasteiger partial charge in [-0.25, -0.2) is 19.2 Å². The number of alkyl carbamates (subject to hydrolysis) is 2. The number of alkyl halides is 1. The molecule has 0 aromatic heterocycles. The van der Waals surface area contributed by atoms with E-state index in [2.05, 4.69) is 10.6 Å². The van der Waals surface area contributed by atoms with Crippen LogP contribution in [0, 0.1) is 11.8 Å². The Morgan fingerprint density at radius 2 is 1.10 bits per heavy atom. The van der Waals surface area contributed by atoms with Gasteiger partial charge in [0.25, 0.3) is 0 Å². The van der Waals surface area contributed by atoms with Crippen molar-refractivity contribution in [1.82, 2.24) is 10.6 Å². The van der Waals surface area contributed by atoms with Crippen molar-refractivity contribution < 1.29 is 47.7 Å². The van der Waals surface area contributed by atoms with Crippen LogP contribution in [-0.2, 0) is 48.2 Å². The third kappa shape index (κ3) is 13.9. The fraction of sp³-hybridized carbons (Fsp3) is 0.395. The van der Waals surface area contributed by atoms with E-state index in [-0.39, 0.29) is 54.0 Å². The Morgan fingerprint density at radius 1 is 0.627 bits per heavy atom. The fourth-order valence-corrected chi connectivity index (χ4v) is 5.06. The lowest BCUT2D eigenvalue weighted by atomic mass is 9.99. The van der Waals surface area contributed by atoms with E-state index >= 15 is 0 Å². The number of aryl methyl sites for hydroxylation is 1. The van der Waals surface area contributed by atoms with Crippen LogP contribution in [0.25, 0.3) is 0 Å². The lowest BCUT2D eigenvalue weighted by Crippen LogP contribution is -2.47. The zero-order chi connectivity index (χ0) is 37.2. The van der Waals surface area contributed by atoms with Crippen LogP contribution < -0.4 is 20.1 Å². The van der Waals surface area contributed by atoms with E-state index in [9.17, 15) is 24.0 Å². The summed E-state index contributed by atoms with van der Waals surface area (Å²) in [5, 5.41) is 5.21. The minimum Gasteiger partial charge on any atom is -0.455 e. The number of ether oxygens (including phenoxy) is 5. The second-order valence-electron chi connectivity index (χ2n) is 11.9. The van der Waals surface area contributed by atoms with Crippen LogP contribution in [0.15, 0.2) is 78.9 Å². The molecule has 13 heteroatoms. The van der Waals surface area contributed by atoms with Crippen molar-refractivity contribution in [2.24, 2.45) is 11.8 Å². The topological polar surface area (TPSA) is 156 Å². The lowest BCUT2D eigenvalue weighted by Gasteiger charge is -2.24. The number of carbonyl (C=O) groups excluding carboxylic acids is 5. The van der Waals surface area contributed by atoms with E-state index in [1.54, 1.807) is 32.0 Å². The summed E-state index contributed by atoms with van der Waals surface area (Å²) < 4.78 is 27.5. The van der Waals surface area contributed by atoms with Crippen molar-refractivity contribution >= 4 is 52.7 Å². The Hall–Kier alpha value is -4.66. The van der Waals surface area contributed by atoms with Crippen LogP contribution in [0.2, 0.25) is 0 Å². The molecular formula is C38H45IN2O10. The first-order chi connectivity index (χ1) is 24.5. The summed E-state index contributed by atoms with van der Waals surface area (Å²) in [4.78, 5) is 64.8. The summed E-state index contributed by atoms with van der Waals surface area (Å²) >= 11 is 1.93. The van der Waals surface area contributed by atoms with Gasteiger partial charge in [0, 0.05) is 6.42 Å². The molecule has 0 aliphatic heterocycles. The number of rotatable bonds is 18. The molecule has 3 rings (SSSR count). The molecule has 4 atom stereocenters. The van der Waals surface area contributed by atoms with Crippen LogP contribution in [0.3, 0.4) is 0 Å². The molecule has 0 saturated heterocycles. The second-order valence-corrected chi connectivity index (χ2v) is 12.5. The Kier molecular flexibility index (Phi) is 17.2. The Bertz CT molecular complexity index is 1590. The first kappa shape index (κ1) is 40.8. The van der Waals surface area contributed by atoms with Gasteiger partial charge >= 0.3 is 30.1 Å². The van der Waals surface area contributed by atoms with Crippen molar-refractivity contribution in [3.63, 3.8) is 0 Å². The maximum absolute atomic E-state index is 13.7. The van der Waals surface area contributed by atoms with E-state index in [0.29, 0.717) is 18.4 Å². The molecule has 274 valence electrons. The SMILES string of the molecule is CC[C@H](C)[C@H](NC(=O)OCc1ccccc1)C(=O)Oc1ccc(CCC(=O)OCI)cc1OC(=O)[C@@H](NC(=O)OCc1ccccc1)[C@@H](C)CC. The van der Waals surface area contributed by atoms with Crippen LogP contribution in [0.5, 0.6) is 11.5 Å². The molecule has 0 saturated carbocycles. The predicted octanol–water partition coefficient (Wildman–Crippen LogP) is 7.05. The summed E-state index contributed by atoms with van der Waals surface area (Å²) in [6, 6.07) is 20.5. The van der Waals surface area contributed by atoms with E-state index in [0.717, 1.165) is 11.1 Å². The van der Waals surface area contributed by atoms with Gasteiger partial charge in [-0.1, -0.05) is 107 Å². The summed E-state index contributed by atoms with van der Waals surface area (Å²) in [7, 11) is 0. The standard InChI is InChI=1S/C38H45IN2O10/c1-5-25(3)33(40-37(45)47-22-28-13-9-7-10-14-28)35(43)50-30-19-17-27(18-20-32(42)49-24-39)21-31(30)51-36(44)34(26(4)6-2)41-38(46)48-23-29-15-11-8-12-16-29/h7-17,19,21,25-26,33-34H,5-6,18,20,22-24H2,1-4H3,(H,40,45)(H,41,46)/t25-,26-,33-,34-/m0/s1. The molecule has 2 amide bonds. The van der Waals surface area contributed by atoms with Gasteiger partial charge in [0.2, 0.25) is 0 Å². The molecule has 0 fully saturated rings. The number of hydrogen-bond acceptors (Lipinski definition) is 10. The Balaban J connectivity index is 1.81. The highest BCUT2D eigenvalue weighted by molar-refractivity contribution is 14.1. The summed E-state index contributed by atoms with van der Waals surface area (Å²) in [5.41, 5.74) is 2.15. The Morgan fingerprint density at radius 3 is 1.55 bits per heavy atom. The van der Waals surface area contributed by atoms with Crippen molar-refractivity contribution in [2.75, 3.05) is 4.61 Å². The molecule has 12 nitrogen and oxygen atoms in total. The van der Waals surface area contributed by atoms with E-state index in [4.69, 9.17) is 23.7 Å². The summed E-state index contributed by atoms with van der Waals surface area (Å²) in [5.74, 6) is -2.96. The lowest BCUT2D eigenvalue weighted by molar-refractivity contribution is -0.141. The highest BCUT2D eigenvalue weighted by atomic mass is 127. The summed E-state index contributed by atoms with van der Waals surface area (Å²) in [6.45, 7) is 7.28. The maximum Gasteiger partial charge on any atom is 0.408 e. The van der Waals surface area contributed by atoms with Gasteiger partial charge in [0.15, 0.2) is 11.5 Å². The highest BCUT2D eigenvalue weighted by Crippen LogP contribution is 2.31. The molecule has 0 aliphatic carbocycles. The summed E-state index contributed by atoms with van der Waals surface area (Å²) in [6.07, 6.45) is -0.264.